The Labute approximate surface area is 159 Å². The number of anilines is 2. The van der Waals surface area contributed by atoms with Gasteiger partial charge in [-0.15, -0.1) is 0 Å². The van der Waals surface area contributed by atoms with Crippen LogP contribution in [0.1, 0.15) is 24.2 Å². The van der Waals surface area contributed by atoms with Crippen LogP contribution in [0.2, 0.25) is 0 Å². The second kappa shape index (κ2) is 8.85. The second-order valence-corrected chi connectivity index (χ2v) is 6.63. The highest BCUT2D eigenvalue weighted by atomic mass is 16.5. The standard InChI is InChI=1S/C22H23N3O2/c1-16(2)13-24-22(26)17-12-19(15-23-14-17)25-18-8-10-21(11-9-18)27-20-6-4-3-5-7-20/h3-12,14-16,25H,13H2,1-2H3,(H,24,26). The summed E-state index contributed by atoms with van der Waals surface area (Å²) in [6.07, 6.45) is 3.26. The highest BCUT2D eigenvalue weighted by Gasteiger charge is 2.08. The predicted molar refractivity (Wildman–Crippen MR) is 108 cm³/mol. The van der Waals surface area contributed by atoms with Gasteiger partial charge in [0.25, 0.3) is 5.91 Å². The molecule has 0 aliphatic heterocycles. The van der Waals surface area contributed by atoms with Gasteiger partial charge in [0.15, 0.2) is 0 Å². The topological polar surface area (TPSA) is 63.2 Å². The molecule has 1 heterocycles. The van der Waals surface area contributed by atoms with Crippen molar-refractivity contribution in [3.8, 4) is 11.5 Å². The summed E-state index contributed by atoms with van der Waals surface area (Å²) in [4.78, 5) is 16.3. The molecule has 1 amide bonds. The molecule has 27 heavy (non-hydrogen) atoms. The molecule has 0 atom stereocenters. The number of nitrogens with one attached hydrogen (secondary N) is 2. The smallest absolute Gasteiger partial charge is 0.252 e. The summed E-state index contributed by atoms with van der Waals surface area (Å²) in [6.45, 7) is 4.75. The lowest BCUT2D eigenvalue weighted by molar-refractivity contribution is 0.0948. The van der Waals surface area contributed by atoms with Crippen molar-refractivity contribution in [3.63, 3.8) is 0 Å². The van der Waals surface area contributed by atoms with E-state index in [1.54, 1.807) is 18.5 Å². The summed E-state index contributed by atoms with van der Waals surface area (Å²) in [7, 11) is 0. The lowest BCUT2D eigenvalue weighted by Gasteiger charge is -2.10. The van der Waals surface area contributed by atoms with E-state index in [0.717, 1.165) is 22.9 Å². The van der Waals surface area contributed by atoms with Crippen molar-refractivity contribution in [3.05, 3.63) is 78.6 Å². The Balaban J connectivity index is 1.63. The van der Waals surface area contributed by atoms with Gasteiger partial charge in [0, 0.05) is 18.4 Å². The molecule has 0 bridgehead atoms. The van der Waals surface area contributed by atoms with Gasteiger partial charge in [-0.3, -0.25) is 9.78 Å². The fourth-order valence-corrected chi connectivity index (χ4v) is 2.43. The average molecular weight is 361 g/mol. The van der Waals surface area contributed by atoms with Crippen LogP contribution in [0.4, 0.5) is 11.4 Å². The molecule has 5 heteroatoms. The molecule has 3 aromatic rings. The average Bonchev–Trinajstić information content (AvgIpc) is 2.68. The first kappa shape index (κ1) is 18.5. The number of amides is 1. The van der Waals surface area contributed by atoms with E-state index in [-0.39, 0.29) is 5.91 Å². The van der Waals surface area contributed by atoms with Gasteiger partial charge < -0.3 is 15.4 Å². The van der Waals surface area contributed by atoms with Gasteiger partial charge in [0.2, 0.25) is 0 Å². The number of para-hydroxylation sites is 1. The van der Waals surface area contributed by atoms with Gasteiger partial charge in [-0.2, -0.15) is 0 Å². The molecule has 1 aromatic heterocycles. The molecular formula is C22H23N3O2. The summed E-state index contributed by atoms with van der Waals surface area (Å²) >= 11 is 0. The van der Waals surface area contributed by atoms with Gasteiger partial charge in [-0.05, 0) is 48.4 Å². The third-order valence-corrected chi connectivity index (χ3v) is 3.79. The highest BCUT2D eigenvalue weighted by molar-refractivity contribution is 5.94. The zero-order chi connectivity index (χ0) is 19.1. The Hall–Kier alpha value is -3.34. The van der Waals surface area contributed by atoms with Crippen molar-refractivity contribution >= 4 is 17.3 Å². The molecule has 2 aromatic carbocycles. The molecule has 0 spiro atoms. The lowest BCUT2D eigenvalue weighted by Crippen LogP contribution is -2.27. The van der Waals surface area contributed by atoms with Crippen LogP contribution in [-0.2, 0) is 0 Å². The molecule has 2 N–H and O–H groups in total. The van der Waals surface area contributed by atoms with E-state index in [9.17, 15) is 4.79 Å². The molecule has 0 aliphatic carbocycles. The maximum Gasteiger partial charge on any atom is 0.252 e. The quantitative estimate of drug-likeness (QED) is 0.621. The highest BCUT2D eigenvalue weighted by Crippen LogP contribution is 2.24. The van der Waals surface area contributed by atoms with Gasteiger partial charge in [0.05, 0.1) is 17.4 Å². The van der Waals surface area contributed by atoms with Gasteiger partial charge >= 0.3 is 0 Å². The third-order valence-electron chi connectivity index (χ3n) is 3.79. The van der Waals surface area contributed by atoms with Crippen molar-refractivity contribution in [1.29, 1.82) is 0 Å². The molecule has 3 rings (SSSR count). The molecule has 0 saturated carbocycles. The minimum absolute atomic E-state index is 0.119. The van der Waals surface area contributed by atoms with Crippen LogP contribution in [0, 0.1) is 5.92 Å². The summed E-state index contributed by atoms with van der Waals surface area (Å²) in [5, 5.41) is 6.15. The number of pyridine rings is 1. The molecule has 0 unspecified atom stereocenters. The Bertz CT molecular complexity index is 878. The first-order valence-corrected chi connectivity index (χ1v) is 8.93. The number of aromatic nitrogens is 1. The summed E-state index contributed by atoms with van der Waals surface area (Å²) < 4.78 is 5.79. The molecule has 0 radical (unpaired) electrons. The summed E-state index contributed by atoms with van der Waals surface area (Å²) in [5.41, 5.74) is 2.17. The number of nitrogens with zero attached hydrogens (tertiary/aromatic N) is 1. The van der Waals surface area contributed by atoms with Crippen molar-refractivity contribution < 1.29 is 9.53 Å². The summed E-state index contributed by atoms with van der Waals surface area (Å²) in [6, 6.07) is 19.0. The van der Waals surface area contributed by atoms with Crippen molar-refractivity contribution in [2.24, 2.45) is 5.92 Å². The maximum absolute atomic E-state index is 12.2. The van der Waals surface area contributed by atoms with E-state index >= 15 is 0 Å². The Morgan fingerprint density at radius 1 is 0.963 bits per heavy atom. The number of hydrogen-bond acceptors (Lipinski definition) is 4. The maximum atomic E-state index is 12.2. The number of carbonyl (C=O) groups is 1. The molecule has 0 fully saturated rings. The SMILES string of the molecule is CC(C)CNC(=O)c1cncc(Nc2ccc(Oc3ccccc3)cc2)c1. The van der Waals surface area contributed by atoms with Crippen LogP contribution in [0.15, 0.2) is 73.1 Å². The van der Waals surface area contributed by atoms with Crippen LogP contribution in [-0.4, -0.2) is 17.4 Å². The molecule has 5 nitrogen and oxygen atoms in total. The van der Waals surface area contributed by atoms with Crippen LogP contribution in [0.3, 0.4) is 0 Å². The van der Waals surface area contributed by atoms with Gasteiger partial charge in [0.1, 0.15) is 11.5 Å². The van der Waals surface area contributed by atoms with E-state index < -0.39 is 0 Å². The number of benzene rings is 2. The zero-order valence-corrected chi connectivity index (χ0v) is 15.5. The van der Waals surface area contributed by atoms with E-state index in [1.165, 1.54) is 0 Å². The fraction of sp³-hybridized carbons (Fsp3) is 0.182. The minimum atomic E-state index is -0.119. The Kier molecular flexibility index (Phi) is 6.05. The third kappa shape index (κ3) is 5.57. The number of ether oxygens (including phenoxy) is 1. The van der Waals surface area contributed by atoms with Crippen LogP contribution < -0.4 is 15.4 Å². The second-order valence-electron chi connectivity index (χ2n) is 6.63. The first-order valence-electron chi connectivity index (χ1n) is 8.93. The lowest BCUT2D eigenvalue weighted by atomic mass is 10.2. The van der Waals surface area contributed by atoms with Gasteiger partial charge in [-0.1, -0.05) is 32.0 Å². The molecular weight excluding hydrogens is 338 g/mol. The van der Waals surface area contributed by atoms with E-state index in [1.807, 2.05) is 54.6 Å². The van der Waals surface area contributed by atoms with Crippen molar-refractivity contribution in [2.45, 2.75) is 13.8 Å². The first-order chi connectivity index (χ1) is 13.1. The largest absolute Gasteiger partial charge is 0.457 e. The van der Waals surface area contributed by atoms with Crippen molar-refractivity contribution in [1.82, 2.24) is 10.3 Å². The van der Waals surface area contributed by atoms with Crippen LogP contribution >= 0.6 is 0 Å². The fourth-order valence-electron chi connectivity index (χ4n) is 2.43. The van der Waals surface area contributed by atoms with Crippen molar-refractivity contribution in [2.75, 3.05) is 11.9 Å². The minimum Gasteiger partial charge on any atom is -0.457 e. The van der Waals surface area contributed by atoms with Gasteiger partial charge in [-0.25, -0.2) is 0 Å². The van der Waals surface area contributed by atoms with E-state index in [2.05, 4.69) is 29.5 Å². The zero-order valence-electron chi connectivity index (χ0n) is 15.5. The summed E-state index contributed by atoms with van der Waals surface area (Å²) in [5.74, 6) is 1.83. The van der Waals surface area contributed by atoms with Crippen LogP contribution in [0.25, 0.3) is 0 Å². The Morgan fingerprint density at radius 2 is 1.67 bits per heavy atom. The van der Waals surface area contributed by atoms with E-state index in [0.29, 0.717) is 18.0 Å². The van der Waals surface area contributed by atoms with E-state index in [4.69, 9.17) is 4.74 Å². The Morgan fingerprint density at radius 3 is 2.37 bits per heavy atom. The normalized spacial score (nSPS) is 10.5. The predicted octanol–water partition coefficient (Wildman–Crippen LogP) is 5.00. The monoisotopic (exact) mass is 361 g/mol. The molecule has 0 aliphatic rings. The number of rotatable bonds is 7. The molecule has 0 saturated heterocycles. The number of carbonyl (C=O) groups excluding carboxylic acids is 1. The molecule has 138 valence electrons. The number of hydrogen-bond donors (Lipinski definition) is 2. The van der Waals surface area contributed by atoms with Crippen LogP contribution in [0.5, 0.6) is 11.5 Å².